The lowest BCUT2D eigenvalue weighted by molar-refractivity contribution is 0.0991. The van der Waals surface area contributed by atoms with E-state index in [1.165, 1.54) is 6.20 Å². The molecule has 0 aliphatic heterocycles. The summed E-state index contributed by atoms with van der Waals surface area (Å²) in [7, 11) is 0. The third-order valence-corrected chi connectivity index (χ3v) is 2.34. The summed E-state index contributed by atoms with van der Waals surface area (Å²) in [5.74, 6) is -0.0112. The van der Waals surface area contributed by atoms with Crippen molar-refractivity contribution in [3.63, 3.8) is 0 Å². The molecule has 80 valence electrons. The van der Waals surface area contributed by atoms with Gasteiger partial charge < -0.3 is 0 Å². The highest BCUT2D eigenvalue weighted by atomic mass is 35.5. The van der Waals surface area contributed by atoms with Crippen molar-refractivity contribution >= 4 is 17.4 Å². The molecule has 0 aliphatic carbocycles. The summed E-state index contributed by atoms with van der Waals surface area (Å²) in [4.78, 5) is 19.8. The number of halogens is 1. The Morgan fingerprint density at radius 3 is 2.69 bits per heavy atom. The zero-order valence-corrected chi connectivity index (χ0v) is 9.19. The molecule has 0 radical (unpaired) electrons. The van der Waals surface area contributed by atoms with E-state index in [-0.39, 0.29) is 12.2 Å². The molecule has 0 unspecified atom stereocenters. The molecule has 0 bridgehead atoms. The van der Waals surface area contributed by atoms with E-state index in [1.807, 2.05) is 18.2 Å². The molecule has 0 saturated heterocycles. The van der Waals surface area contributed by atoms with Gasteiger partial charge in [0.15, 0.2) is 5.78 Å². The first-order chi connectivity index (χ1) is 7.75. The fourth-order valence-corrected chi connectivity index (χ4v) is 1.42. The number of carbonyl (C=O) groups is 1. The number of carbonyl (C=O) groups excluding carboxylic acids is 1. The van der Waals surface area contributed by atoms with Crippen LogP contribution in [-0.4, -0.2) is 15.8 Å². The van der Waals surface area contributed by atoms with Crippen LogP contribution in [-0.2, 0) is 6.42 Å². The summed E-state index contributed by atoms with van der Waals surface area (Å²) in [6.07, 6.45) is 3.43. The molecule has 3 nitrogen and oxygen atoms in total. The van der Waals surface area contributed by atoms with Gasteiger partial charge in [-0.1, -0.05) is 17.7 Å². The Bertz CT molecular complexity index is 482. The van der Waals surface area contributed by atoms with Gasteiger partial charge in [-0.15, -0.1) is 0 Å². The Morgan fingerprint density at radius 1 is 1.19 bits per heavy atom. The van der Waals surface area contributed by atoms with Crippen molar-refractivity contribution in [2.24, 2.45) is 0 Å². The van der Waals surface area contributed by atoms with Gasteiger partial charge in [0.05, 0.1) is 6.42 Å². The standard InChI is InChI=1S/C12H9ClN2O/c13-12-5-4-9(8-15-12)11(16)7-10-3-1-2-6-14-10/h1-6,8H,7H2. The fourth-order valence-electron chi connectivity index (χ4n) is 1.31. The maximum Gasteiger partial charge on any atom is 0.170 e. The van der Waals surface area contributed by atoms with Crippen molar-refractivity contribution in [2.45, 2.75) is 6.42 Å². The lowest BCUT2D eigenvalue weighted by atomic mass is 10.1. The number of hydrogen-bond acceptors (Lipinski definition) is 3. The van der Waals surface area contributed by atoms with Gasteiger partial charge in [0.25, 0.3) is 0 Å². The number of pyridine rings is 2. The van der Waals surface area contributed by atoms with E-state index in [2.05, 4.69) is 9.97 Å². The molecule has 2 aromatic rings. The number of ketones is 1. The van der Waals surface area contributed by atoms with Crippen LogP contribution >= 0.6 is 11.6 Å². The SMILES string of the molecule is O=C(Cc1ccccn1)c1ccc(Cl)nc1. The van der Waals surface area contributed by atoms with Gasteiger partial charge in [-0.05, 0) is 24.3 Å². The third kappa shape index (κ3) is 2.64. The van der Waals surface area contributed by atoms with E-state index in [0.717, 1.165) is 5.69 Å². The van der Waals surface area contributed by atoms with Gasteiger partial charge in [0.2, 0.25) is 0 Å². The Hall–Kier alpha value is -1.74. The topological polar surface area (TPSA) is 42.9 Å². The van der Waals surface area contributed by atoms with E-state index >= 15 is 0 Å². The van der Waals surface area contributed by atoms with E-state index < -0.39 is 0 Å². The van der Waals surface area contributed by atoms with Gasteiger partial charge in [-0.3, -0.25) is 9.78 Å². The Kier molecular flexibility index (Phi) is 3.27. The van der Waals surface area contributed by atoms with Crippen LogP contribution in [0, 0.1) is 0 Å². The maximum atomic E-state index is 11.8. The quantitative estimate of drug-likeness (QED) is 0.603. The summed E-state index contributed by atoms with van der Waals surface area (Å²) < 4.78 is 0. The summed E-state index contributed by atoms with van der Waals surface area (Å²) in [6, 6.07) is 8.77. The minimum absolute atomic E-state index is 0.0112. The summed E-state index contributed by atoms with van der Waals surface area (Å²) in [5.41, 5.74) is 1.30. The van der Waals surface area contributed by atoms with Crippen LogP contribution in [0.3, 0.4) is 0 Å². The summed E-state index contributed by atoms with van der Waals surface area (Å²) >= 11 is 5.64. The highest BCUT2D eigenvalue weighted by Crippen LogP contribution is 2.08. The molecule has 0 aliphatic rings. The van der Waals surface area contributed by atoms with Crippen LogP contribution in [0.5, 0.6) is 0 Å². The third-order valence-electron chi connectivity index (χ3n) is 2.12. The van der Waals surface area contributed by atoms with Crippen LogP contribution in [0.2, 0.25) is 5.15 Å². The average Bonchev–Trinajstić information content (AvgIpc) is 2.31. The van der Waals surface area contributed by atoms with Crippen LogP contribution < -0.4 is 0 Å². The van der Waals surface area contributed by atoms with Gasteiger partial charge >= 0.3 is 0 Å². The van der Waals surface area contributed by atoms with E-state index in [9.17, 15) is 4.79 Å². The predicted molar refractivity (Wildman–Crippen MR) is 61.5 cm³/mol. The summed E-state index contributed by atoms with van der Waals surface area (Å²) in [5, 5.41) is 0.384. The average molecular weight is 233 g/mol. The molecule has 0 saturated carbocycles. The van der Waals surface area contributed by atoms with Crippen molar-refractivity contribution in [2.75, 3.05) is 0 Å². The van der Waals surface area contributed by atoms with Crippen molar-refractivity contribution in [3.8, 4) is 0 Å². The van der Waals surface area contributed by atoms with Crippen molar-refractivity contribution in [3.05, 3.63) is 59.1 Å². The Balaban J connectivity index is 2.12. The smallest absolute Gasteiger partial charge is 0.170 e. The number of aromatic nitrogens is 2. The number of hydrogen-bond donors (Lipinski definition) is 0. The molecule has 2 aromatic heterocycles. The second kappa shape index (κ2) is 4.86. The minimum Gasteiger partial charge on any atom is -0.294 e. The lowest BCUT2D eigenvalue weighted by Crippen LogP contribution is -2.05. The number of Topliss-reactive ketones (excluding diaryl/α,β-unsaturated/α-hetero) is 1. The number of rotatable bonds is 3. The largest absolute Gasteiger partial charge is 0.294 e. The summed E-state index contributed by atoms with van der Waals surface area (Å²) in [6.45, 7) is 0. The number of nitrogens with zero attached hydrogens (tertiary/aromatic N) is 2. The first kappa shape index (κ1) is 10.8. The lowest BCUT2D eigenvalue weighted by Gasteiger charge is -2.00. The normalized spacial score (nSPS) is 10.1. The zero-order valence-electron chi connectivity index (χ0n) is 8.43. The first-order valence-electron chi connectivity index (χ1n) is 4.80. The molecular formula is C12H9ClN2O. The fraction of sp³-hybridized carbons (Fsp3) is 0.0833. The molecule has 0 aromatic carbocycles. The molecule has 4 heteroatoms. The molecular weight excluding hydrogens is 224 g/mol. The predicted octanol–water partition coefficient (Wildman–Crippen LogP) is 2.56. The zero-order chi connectivity index (χ0) is 11.4. The first-order valence-corrected chi connectivity index (χ1v) is 5.18. The van der Waals surface area contributed by atoms with Crippen molar-refractivity contribution in [1.82, 2.24) is 9.97 Å². The molecule has 0 N–H and O–H groups in total. The van der Waals surface area contributed by atoms with Crippen LogP contribution in [0.4, 0.5) is 0 Å². The van der Waals surface area contributed by atoms with Gasteiger partial charge in [-0.2, -0.15) is 0 Å². The van der Waals surface area contributed by atoms with Crippen molar-refractivity contribution in [1.29, 1.82) is 0 Å². The minimum atomic E-state index is -0.0112. The highest BCUT2D eigenvalue weighted by molar-refractivity contribution is 6.29. The molecule has 2 rings (SSSR count). The molecule has 0 amide bonds. The van der Waals surface area contributed by atoms with Gasteiger partial charge in [0, 0.05) is 23.7 Å². The van der Waals surface area contributed by atoms with Gasteiger partial charge in [-0.25, -0.2) is 4.98 Å². The molecule has 0 fully saturated rings. The monoisotopic (exact) mass is 232 g/mol. The van der Waals surface area contributed by atoms with Gasteiger partial charge in [0.1, 0.15) is 5.15 Å². The van der Waals surface area contributed by atoms with E-state index in [1.54, 1.807) is 18.3 Å². The highest BCUT2D eigenvalue weighted by Gasteiger charge is 2.07. The molecule has 0 spiro atoms. The maximum absolute atomic E-state index is 11.8. The van der Waals surface area contributed by atoms with E-state index in [0.29, 0.717) is 10.7 Å². The van der Waals surface area contributed by atoms with Crippen molar-refractivity contribution < 1.29 is 4.79 Å². The molecule has 2 heterocycles. The molecule has 16 heavy (non-hydrogen) atoms. The second-order valence-electron chi connectivity index (χ2n) is 3.29. The Labute approximate surface area is 98.1 Å². The van der Waals surface area contributed by atoms with E-state index in [4.69, 9.17) is 11.6 Å². The van der Waals surface area contributed by atoms with Crippen LogP contribution in [0.25, 0.3) is 0 Å². The van der Waals surface area contributed by atoms with Crippen LogP contribution in [0.1, 0.15) is 16.1 Å². The van der Waals surface area contributed by atoms with Crippen LogP contribution in [0.15, 0.2) is 42.7 Å². The Morgan fingerprint density at radius 2 is 2.06 bits per heavy atom. The molecule has 0 atom stereocenters. The second-order valence-corrected chi connectivity index (χ2v) is 3.68.